The molecule has 1 N–H and O–H groups in total. The maximum atomic E-state index is 15.8. The van der Waals surface area contributed by atoms with E-state index in [2.05, 4.69) is 5.32 Å². The van der Waals surface area contributed by atoms with Crippen LogP contribution >= 0.6 is 0 Å². The highest BCUT2D eigenvalue weighted by Gasteiger charge is 2.40. The number of rotatable bonds is 7. The molecule has 112 valence electrons. The smallest absolute Gasteiger partial charge is 0.140 e. The first-order valence-electron chi connectivity index (χ1n) is 7.71. The molecule has 0 bridgehead atoms. The summed E-state index contributed by atoms with van der Waals surface area (Å²) < 4.78 is 20.8. The van der Waals surface area contributed by atoms with E-state index >= 15 is 4.39 Å². The predicted octanol–water partition coefficient (Wildman–Crippen LogP) is 3.67. The Morgan fingerprint density at radius 1 is 1.30 bits per heavy atom. The van der Waals surface area contributed by atoms with Crippen molar-refractivity contribution in [1.82, 2.24) is 5.32 Å². The molecule has 2 nitrogen and oxygen atoms in total. The highest BCUT2D eigenvalue weighted by atomic mass is 19.1. The molecule has 1 aromatic carbocycles. The van der Waals surface area contributed by atoms with Crippen LogP contribution in [-0.4, -0.2) is 26.8 Å². The summed E-state index contributed by atoms with van der Waals surface area (Å²) >= 11 is 0. The van der Waals surface area contributed by atoms with Crippen LogP contribution in [0.25, 0.3) is 0 Å². The van der Waals surface area contributed by atoms with Crippen molar-refractivity contribution in [3.05, 3.63) is 35.9 Å². The van der Waals surface area contributed by atoms with E-state index in [1.54, 1.807) is 7.11 Å². The van der Waals surface area contributed by atoms with E-state index in [-0.39, 0.29) is 5.92 Å². The van der Waals surface area contributed by atoms with Gasteiger partial charge in [-0.25, -0.2) is 4.39 Å². The van der Waals surface area contributed by atoms with Crippen LogP contribution in [0.15, 0.2) is 30.3 Å². The van der Waals surface area contributed by atoms with Crippen LogP contribution in [0.4, 0.5) is 4.39 Å². The molecule has 2 atom stereocenters. The molecule has 20 heavy (non-hydrogen) atoms. The number of alkyl halides is 1. The third-order valence-electron chi connectivity index (χ3n) is 4.34. The van der Waals surface area contributed by atoms with Gasteiger partial charge in [0.25, 0.3) is 0 Å². The van der Waals surface area contributed by atoms with Crippen LogP contribution < -0.4 is 5.32 Å². The van der Waals surface area contributed by atoms with Crippen LogP contribution in [0.5, 0.6) is 0 Å². The average Bonchev–Trinajstić information content (AvgIpc) is 2.53. The van der Waals surface area contributed by atoms with Crippen LogP contribution in [-0.2, 0) is 10.4 Å². The average molecular weight is 279 g/mol. The molecule has 1 heterocycles. The largest absolute Gasteiger partial charge is 0.385 e. The van der Waals surface area contributed by atoms with Gasteiger partial charge in [-0.05, 0) is 44.2 Å². The summed E-state index contributed by atoms with van der Waals surface area (Å²) in [4.78, 5) is 0. The van der Waals surface area contributed by atoms with E-state index in [4.69, 9.17) is 4.74 Å². The summed E-state index contributed by atoms with van der Waals surface area (Å²) in [5, 5.41) is 3.35. The van der Waals surface area contributed by atoms with Gasteiger partial charge in [0.05, 0.1) is 0 Å². The van der Waals surface area contributed by atoms with Crippen molar-refractivity contribution < 1.29 is 9.13 Å². The maximum Gasteiger partial charge on any atom is 0.140 e. The van der Waals surface area contributed by atoms with Crippen molar-refractivity contribution in [1.29, 1.82) is 0 Å². The van der Waals surface area contributed by atoms with Gasteiger partial charge in [-0.3, -0.25) is 0 Å². The van der Waals surface area contributed by atoms with Gasteiger partial charge < -0.3 is 10.1 Å². The molecular formula is C17H26FNO. The number of nitrogens with one attached hydrogen (secondary N) is 1. The van der Waals surface area contributed by atoms with Crippen molar-refractivity contribution in [2.75, 3.05) is 26.8 Å². The van der Waals surface area contributed by atoms with Gasteiger partial charge in [-0.15, -0.1) is 0 Å². The van der Waals surface area contributed by atoms with Crippen molar-refractivity contribution in [3.63, 3.8) is 0 Å². The van der Waals surface area contributed by atoms with E-state index in [1.807, 2.05) is 30.3 Å². The normalized spacial score (nSPS) is 22.4. The first-order valence-corrected chi connectivity index (χ1v) is 7.71. The summed E-state index contributed by atoms with van der Waals surface area (Å²) in [6.45, 7) is 2.52. The lowest BCUT2D eigenvalue weighted by molar-refractivity contribution is 0.0461. The Morgan fingerprint density at radius 3 is 2.75 bits per heavy atom. The number of halogens is 1. The zero-order valence-corrected chi connectivity index (χ0v) is 12.4. The van der Waals surface area contributed by atoms with E-state index in [1.165, 1.54) is 0 Å². The van der Waals surface area contributed by atoms with Gasteiger partial charge in [-0.2, -0.15) is 0 Å². The SMILES string of the molecule is COCCCCC(F)(c1ccccc1)[C@@H]1CCCNC1. The second-order valence-corrected chi connectivity index (χ2v) is 5.72. The summed E-state index contributed by atoms with van der Waals surface area (Å²) in [6.07, 6.45) is 4.43. The molecular weight excluding hydrogens is 253 g/mol. The molecule has 1 aromatic rings. The van der Waals surface area contributed by atoms with Crippen LogP contribution in [0.1, 0.15) is 37.7 Å². The van der Waals surface area contributed by atoms with E-state index in [9.17, 15) is 0 Å². The van der Waals surface area contributed by atoms with Gasteiger partial charge in [0.15, 0.2) is 0 Å². The van der Waals surface area contributed by atoms with Crippen LogP contribution in [0.3, 0.4) is 0 Å². The third kappa shape index (κ3) is 3.80. The minimum Gasteiger partial charge on any atom is -0.385 e. The monoisotopic (exact) mass is 279 g/mol. The third-order valence-corrected chi connectivity index (χ3v) is 4.34. The number of hydrogen-bond donors (Lipinski definition) is 1. The zero-order chi connectivity index (χ0) is 14.3. The number of ether oxygens (including phenoxy) is 1. The van der Waals surface area contributed by atoms with Crippen molar-refractivity contribution in [2.24, 2.45) is 5.92 Å². The predicted molar refractivity (Wildman–Crippen MR) is 80.5 cm³/mol. The zero-order valence-electron chi connectivity index (χ0n) is 12.4. The fourth-order valence-corrected chi connectivity index (χ4v) is 3.17. The summed E-state index contributed by atoms with van der Waals surface area (Å²) in [5.41, 5.74) is -0.367. The molecule has 0 amide bonds. The molecule has 1 aliphatic heterocycles. The Labute approximate surface area is 121 Å². The van der Waals surface area contributed by atoms with E-state index in [0.717, 1.165) is 44.3 Å². The number of benzene rings is 1. The maximum absolute atomic E-state index is 15.8. The lowest BCUT2D eigenvalue weighted by Crippen LogP contribution is -2.41. The number of piperidine rings is 1. The molecule has 0 aromatic heterocycles. The van der Waals surface area contributed by atoms with Crippen LogP contribution in [0.2, 0.25) is 0 Å². The van der Waals surface area contributed by atoms with Crippen molar-refractivity contribution in [2.45, 2.75) is 37.8 Å². The minimum atomic E-state index is -1.21. The molecule has 3 heteroatoms. The van der Waals surface area contributed by atoms with Gasteiger partial charge in [0.2, 0.25) is 0 Å². The standard InChI is InChI=1S/C17H26FNO/c1-20-13-6-5-11-17(18,15-8-3-2-4-9-15)16-10-7-12-19-14-16/h2-4,8-9,16,19H,5-7,10-14H2,1H3/t16-,17?/m1/s1. The molecule has 1 aliphatic rings. The summed E-state index contributed by atoms with van der Waals surface area (Å²) in [5.74, 6) is 0.0844. The highest BCUT2D eigenvalue weighted by molar-refractivity contribution is 5.24. The molecule has 0 aliphatic carbocycles. The van der Waals surface area contributed by atoms with Gasteiger partial charge in [0.1, 0.15) is 5.67 Å². The Kier molecular flexibility index (Phi) is 5.99. The first kappa shape index (κ1) is 15.5. The Balaban J connectivity index is 2.09. The van der Waals surface area contributed by atoms with Gasteiger partial charge >= 0.3 is 0 Å². The summed E-state index contributed by atoms with van der Waals surface area (Å²) in [7, 11) is 1.70. The number of methoxy groups -OCH3 is 1. The van der Waals surface area contributed by atoms with Crippen LogP contribution in [0, 0.1) is 5.92 Å². The molecule has 0 radical (unpaired) electrons. The lowest BCUT2D eigenvalue weighted by Gasteiger charge is -2.37. The highest BCUT2D eigenvalue weighted by Crippen LogP contribution is 2.41. The Morgan fingerprint density at radius 2 is 2.10 bits per heavy atom. The van der Waals surface area contributed by atoms with Gasteiger partial charge in [0, 0.05) is 26.2 Å². The molecule has 0 spiro atoms. The Bertz CT molecular complexity index is 378. The molecule has 1 unspecified atom stereocenters. The van der Waals surface area contributed by atoms with Crippen molar-refractivity contribution >= 4 is 0 Å². The fraction of sp³-hybridized carbons (Fsp3) is 0.647. The minimum absolute atomic E-state index is 0.0844. The molecule has 2 rings (SSSR count). The quantitative estimate of drug-likeness (QED) is 0.769. The summed E-state index contributed by atoms with van der Waals surface area (Å²) in [6, 6.07) is 9.70. The molecule has 1 fully saturated rings. The second kappa shape index (κ2) is 7.75. The molecule has 1 saturated heterocycles. The Hall–Kier alpha value is -0.930. The van der Waals surface area contributed by atoms with Gasteiger partial charge in [-0.1, -0.05) is 30.3 Å². The first-order chi connectivity index (χ1) is 9.77. The lowest BCUT2D eigenvalue weighted by atomic mass is 9.76. The second-order valence-electron chi connectivity index (χ2n) is 5.72. The number of hydrogen-bond acceptors (Lipinski definition) is 2. The number of unbranched alkanes of at least 4 members (excludes halogenated alkanes) is 1. The van der Waals surface area contributed by atoms with E-state index in [0.29, 0.717) is 13.0 Å². The van der Waals surface area contributed by atoms with E-state index < -0.39 is 5.67 Å². The molecule has 0 saturated carbocycles. The topological polar surface area (TPSA) is 21.3 Å². The fourth-order valence-electron chi connectivity index (χ4n) is 3.17. The van der Waals surface area contributed by atoms with Crippen molar-refractivity contribution in [3.8, 4) is 0 Å².